The molecule has 2 atom stereocenters. The van der Waals surface area contributed by atoms with Crippen molar-refractivity contribution in [1.29, 1.82) is 0 Å². The fourth-order valence-electron chi connectivity index (χ4n) is 5.99. The molecule has 0 radical (unpaired) electrons. The van der Waals surface area contributed by atoms with Gasteiger partial charge in [-0.3, -0.25) is 0 Å². The average Bonchev–Trinajstić information content (AvgIpc) is 3.19. The third-order valence-corrected chi connectivity index (χ3v) is 7.28. The van der Waals surface area contributed by atoms with Crippen LogP contribution >= 0.6 is 0 Å². The molecule has 0 spiro atoms. The van der Waals surface area contributed by atoms with Gasteiger partial charge in [0.05, 0.1) is 5.60 Å². The van der Waals surface area contributed by atoms with Gasteiger partial charge in [0.2, 0.25) is 0 Å². The molecule has 0 saturated heterocycles. The second-order valence-corrected chi connectivity index (χ2v) is 9.77. The van der Waals surface area contributed by atoms with Crippen LogP contribution in [0.25, 0.3) is 0 Å². The molecule has 0 heterocycles. The zero-order chi connectivity index (χ0) is 20.6. The lowest BCUT2D eigenvalue weighted by molar-refractivity contribution is -0.110. The molecule has 154 valence electrons. The van der Waals surface area contributed by atoms with Crippen LogP contribution in [0.15, 0.2) is 91.0 Å². The molecule has 0 aromatic heterocycles. The Morgan fingerprint density at radius 3 is 1.47 bits per heavy atom. The fourth-order valence-corrected chi connectivity index (χ4v) is 5.99. The maximum atomic E-state index is 7.30. The summed E-state index contributed by atoms with van der Waals surface area (Å²) in [6, 6.07) is 32.2. The molecule has 2 fully saturated rings. The Hall–Kier alpha value is -2.38. The van der Waals surface area contributed by atoms with Gasteiger partial charge >= 0.3 is 0 Å². The minimum absolute atomic E-state index is 0.226. The van der Waals surface area contributed by atoms with Crippen LogP contribution in [0, 0.1) is 17.8 Å². The highest BCUT2D eigenvalue weighted by molar-refractivity contribution is 5.47. The Morgan fingerprint density at radius 2 is 1.07 bits per heavy atom. The van der Waals surface area contributed by atoms with Crippen molar-refractivity contribution in [2.45, 2.75) is 50.7 Å². The van der Waals surface area contributed by atoms with Gasteiger partial charge in [-0.1, -0.05) is 97.4 Å². The summed E-state index contributed by atoms with van der Waals surface area (Å²) < 4.78 is 7.30. The highest BCUT2D eigenvalue weighted by atomic mass is 16.5. The van der Waals surface area contributed by atoms with E-state index in [0.29, 0.717) is 0 Å². The summed E-state index contributed by atoms with van der Waals surface area (Å²) in [5.74, 6) is 2.74. The third kappa shape index (κ3) is 3.50. The van der Waals surface area contributed by atoms with E-state index >= 15 is 0 Å². The van der Waals surface area contributed by atoms with Gasteiger partial charge in [0.15, 0.2) is 0 Å². The molecule has 2 unspecified atom stereocenters. The van der Waals surface area contributed by atoms with E-state index in [0.717, 1.165) is 24.2 Å². The lowest BCUT2D eigenvalue weighted by Gasteiger charge is -2.43. The second kappa shape index (κ2) is 7.71. The van der Waals surface area contributed by atoms with E-state index in [9.17, 15) is 0 Å². The maximum Gasteiger partial charge on any atom is 0.144 e. The third-order valence-electron chi connectivity index (χ3n) is 7.28. The van der Waals surface area contributed by atoms with Crippen molar-refractivity contribution in [3.05, 3.63) is 108 Å². The van der Waals surface area contributed by atoms with Crippen LogP contribution in [0.3, 0.4) is 0 Å². The van der Waals surface area contributed by atoms with Gasteiger partial charge in [-0.15, -0.1) is 0 Å². The van der Waals surface area contributed by atoms with Crippen LogP contribution in [-0.4, -0.2) is 5.60 Å². The topological polar surface area (TPSA) is 9.23 Å². The van der Waals surface area contributed by atoms with E-state index in [1.54, 1.807) is 0 Å². The van der Waals surface area contributed by atoms with Gasteiger partial charge in [-0.25, -0.2) is 0 Å². The number of rotatable bonds is 7. The number of benzene rings is 3. The van der Waals surface area contributed by atoms with E-state index in [1.165, 1.54) is 36.0 Å². The van der Waals surface area contributed by atoms with Crippen LogP contribution in [0.4, 0.5) is 0 Å². The first-order chi connectivity index (χ1) is 14.6. The Morgan fingerprint density at radius 1 is 0.667 bits per heavy atom. The number of ether oxygens (including phenoxy) is 1. The molecule has 30 heavy (non-hydrogen) atoms. The molecular weight excluding hydrogens is 364 g/mol. The molecule has 1 nitrogen and oxygen atoms in total. The Balaban J connectivity index is 1.60. The van der Waals surface area contributed by atoms with E-state index < -0.39 is 5.60 Å². The number of hydrogen-bond donors (Lipinski definition) is 0. The molecule has 0 bridgehead atoms. The van der Waals surface area contributed by atoms with E-state index in [1.807, 2.05) is 0 Å². The highest BCUT2D eigenvalue weighted by Crippen LogP contribution is 2.61. The first-order valence-electron chi connectivity index (χ1n) is 11.5. The molecule has 1 heteroatoms. The predicted octanol–water partition coefficient (Wildman–Crippen LogP) is 7.21. The molecule has 2 aliphatic rings. The van der Waals surface area contributed by atoms with Crippen molar-refractivity contribution in [3.63, 3.8) is 0 Å². The largest absolute Gasteiger partial charge is 0.355 e. The monoisotopic (exact) mass is 396 g/mol. The normalized spacial score (nSPS) is 23.2. The van der Waals surface area contributed by atoms with Crippen molar-refractivity contribution >= 4 is 0 Å². The zero-order valence-corrected chi connectivity index (χ0v) is 18.1. The molecule has 3 aromatic carbocycles. The Kier molecular flexibility index (Phi) is 5.03. The summed E-state index contributed by atoms with van der Waals surface area (Å²) in [6.07, 6.45) is 5.41. The maximum absolute atomic E-state index is 7.30. The SMILES string of the molecule is CC(C)(CC1C2CCCC21)OC(c1ccccc1)(c1ccccc1)c1ccccc1. The van der Waals surface area contributed by atoms with Gasteiger partial charge in [0, 0.05) is 0 Å². The van der Waals surface area contributed by atoms with Crippen LogP contribution in [0.1, 0.15) is 56.2 Å². The van der Waals surface area contributed by atoms with Gasteiger partial charge < -0.3 is 4.74 Å². The van der Waals surface area contributed by atoms with E-state index in [2.05, 4.69) is 105 Å². The molecular formula is C29H32O. The first kappa shape index (κ1) is 19.6. The summed E-state index contributed by atoms with van der Waals surface area (Å²) in [5, 5.41) is 0. The number of hydrogen-bond acceptors (Lipinski definition) is 1. The summed E-state index contributed by atoms with van der Waals surface area (Å²) in [5.41, 5.74) is 2.71. The molecule has 5 rings (SSSR count). The molecule has 0 N–H and O–H groups in total. The second-order valence-electron chi connectivity index (χ2n) is 9.77. The predicted molar refractivity (Wildman–Crippen MR) is 123 cm³/mol. The van der Waals surface area contributed by atoms with Crippen molar-refractivity contribution < 1.29 is 4.74 Å². The standard InChI is InChI=1S/C29H32O/c1-28(2,21-27-25-19-12-20-26(25)27)30-29(22-13-6-3-7-14-22,23-15-8-4-9-16-23)24-17-10-5-11-18-24/h3-11,13-18,25-27H,12,19-21H2,1-2H3. The smallest absolute Gasteiger partial charge is 0.144 e. The molecule has 2 saturated carbocycles. The molecule has 0 amide bonds. The Labute approximate surface area is 181 Å². The zero-order valence-electron chi connectivity index (χ0n) is 18.1. The minimum atomic E-state index is -0.628. The summed E-state index contributed by atoms with van der Waals surface area (Å²) in [4.78, 5) is 0. The van der Waals surface area contributed by atoms with E-state index in [4.69, 9.17) is 4.74 Å². The summed E-state index contributed by atoms with van der Waals surface area (Å²) in [6.45, 7) is 4.59. The molecule has 0 aliphatic heterocycles. The van der Waals surface area contributed by atoms with Gasteiger partial charge in [-0.05, 0) is 67.6 Å². The van der Waals surface area contributed by atoms with Crippen molar-refractivity contribution in [2.75, 3.05) is 0 Å². The Bertz CT molecular complexity index is 854. The van der Waals surface area contributed by atoms with E-state index in [-0.39, 0.29) is 5.60 Å². The lowest BCUT2D eigenvalue weighted by Crippen LogP contribution is -2.42. The fraction of sp³-hybridized carbons (Fsp3) is 0.379. The van der Waals surface area contributed by atoms with Crippen molar-refractivity contribution in [1.82, 2.24) is 0 Å². The first-order valence-corrected chi connectivity index (χ1v) is 11.5. The summed E-state index contributed by atoms with van der Waals surface area (Å²) >= 11 is 0. The average molecular weight is 397 g/mol. The summed E-state index contributed by atoms with van der Waals surface area (Å²) in [7, 11) is 0. The van der Waals surface area contributed by atoms with Crippen LogP contribution in [0.5, 0.6) is 0 Å². The van der Waals surface area contributed by atoms with Crippen LogP contribution in [-0.2, 0) is 10.3 Å². The molecule has 2 aliphatic carbocycles. The van der Waals surface area contributed by atoms with Crippen LogP contribution in [0.2, 0.25) is 0 Å². The molecule has 3 aromatic rings. The van der Waals surface area contributed by atoms with Crippen molar-refractivity contribution in [2.24, 2.45) is 17.8 Å². The van der Waals surface area contributed by atoms with Gasteiger partial charge in [0.25, 0.3) is 0 Å². The minimum Gasteiger partial charge on any atom is -0.355 e. The lowest BCUT2D eigenvalue weighted by atomic mass is 9.79. The highest BCUT2D eigenvalue weighted by Gasteiger charge is 2.55. The van der Waals surface area contributed by atoms with Crippen LogP contribution < -0.4 is 0 Å². The quantitative estimate of drug-likeness (QED) is 0.383. The van der Waals surface area contributed by atoms with Gasteiger partial charge in [0.1, 0.15) is 5.60 Å². The number of fused-ring (bicyclic) bond motifs is 1. The van der Waals surface area contributed by atoms with Crippen molar-refractivity contribution in [3.8, 4) is 0 Å². The van der Waals surface area contributed by atoms with Gasteiger partial charge in [-0.2, -0.15) is 0 Å².